The molecule has 0 spiro atoms. The van der Waals surface area contributed by atoms with Gasteiger partial charge in [0.05, 0.1) is 0 Å². The second-order valence-corrected chi connectivity index (χ2v) is 6.04. The van der Waals surface area contributed by atoms with Crippen LogP contribution in [0.25, 0.3) is 0 Å². The van der Waals surface area contributed by atoms with Crippen LogP contribution in [0.15, 0.2) is 48.5 Å². The minimum Gasteiger partial charge on any atom is -0.484 e. The van der Waals surface area contributed by atoms with Crippen molar-refractivity contribution in [3.8, 4) is 5.75 Å². The van der Waals surface area contributed by atoms with Crippen molar-refractivity contribution in [1.29, 1.82) is 0 Å². The predicted octanol–water partition coefficient (Wildman–Crippen LogP) is 3.90. The maximum atomic E-state index is 11.9. The van der Waals surface area contributed by atoms with Gasteiger partial charge in [0, 0.05) is 18.3 Å². The molecule has 0 aliphatic carbocycles. The summed E-state index contributed by atoms with van der Waals surface area (Å²) in [5.41, 5.74) is 3.14. The molecule has 0 heterocycles. The quantitative estimate of drug-likeness (QED) is 0.773. The van der Waals surface area contributed by atoms with Crippen LogP contribution in [0.4, 0.5) is 5.69 Å². The second-order valence-electron chi connectivity index (χ2n) is 6.04. The van der Waals surface area contributed by atoms with Crippen molar-refractivity contribution in [2.24, 2.45) is 0 Å². The first-order valence-corrected chi connectivity index (χ1v) is 8.38. The van der Waals surface area contributed by atoms with Crippen molar-refractivity contribution in [3.63, 3.8) is 0 Å². The summed E-state index contributed by atoms with van der Waals surface area (Å²) in [4.78, 5) is 11.9. The Morgan fingerprint density at radius 2 is 1.75 bits per heavy atom. The average Bonchev–Trinajstić information content (AvgIpc) is 2.60. The van der Waals surface area contributed by atoms with Crippen LogP contribution in [-0.2, 0) is 11.3 Å². The van der Waals surface area contributed by atoms with Crippen LogP contribution in [0, 0.1) is 6.92 Å². The van der Waals surface area contributed by atoms with Crippen molar-refractivity contribution in [3.05, 3.63) is 59.7 Å². The number of carbonyl (C=O) groups is 1. The van der Waals surface area contributed by atoms with Gasteiger partial charge in [-0.15, -0.1) is 0 Å². The van der Waals surface area contributed by atoms with Gasteiger partial charge in [-0.25, -0.2) is 0 Å². The molecule has 2 N–H and O–H groups in total. The van der Waals surface area contributed by atoms with E-state index in [1.807, 2.05) is 55.5 Å². The van der Waals surface area contributed by atoms with Crippen molar-refractivity contribution in [2.75, 3.05) is 11.9 Å². The molecule has 0 fully saturated rings. The van der Waals surface area contributed by atoms with Gasteiger partial charge in [-0.05, 0) is 50.1 Å². The zero-order valence-corrected chi connectivity index (χ0v) is 14.6. The largest absolute Gasteiger partial charge is 0.484 e. The van der Waals surface area contributed by atoms with Gasteiger partial charge in [0.2, 0.25) is 0 Å². The minimum atomic E-state index is -0.165. The smallest absolute Gasteiger partial charge is 0.262 e. The molecule has 0 saturated carbocycles. The van der Waals surface area contributed by atoms with E-state index in [0.717, 1.165) is 24.2 Å². The fraction of sp³-hybridized carbons (Fsp3) is 0.350. The van der Waals surface area contributed by atoms with E-state index < -0.39 is 0 Å². The van der Waals surface area contributed by atoms with Crippen LogP contribution >= 0.6 is 0 Å². The molecule has 0 aliphatic rings. The molecule has 2 aromatic carbocycles. The lowest BCUT2D eigenvalue weighted by Gasteiger charge is -2.12. The molecule has 0 aromatic heterocycles. The summed E-state index contributed by atoms with van der Waals surface area (Å²) in [6.45, 7) is 7.18. The Morgan fingerprint density at radius 3 is 2.38 bits per heavy atom. The summed E-state index contributed by atoms with van der Waals surface area (Å²) >= 11 is 0. The van der Waals surface area contributed by atoms with Crippen molar-refractivity contribution >= 4 is 11.6 Å². The summed E-state index contributed by atoms with van der Waals surface area (Å²) in [6, 6.07) is 16.0. The van der Waals surface area contributed by atoms with Crippen molar-refractivity contribution < 1.29 is 9.53 Å². The second kappa shape index (κ2) is 9.08. The maximum absolute atomic E-state index is 11.9. The van der Waals surface area contributed by atoms with E-state index in [-0.39, 0.29) is 12.5 Å². The van der Waals surface area contributed by atoms with Crippen LogP contribution in [0.5, 0.6) is 5.75 Å². The average molecular weight is 326 g/mol. The standard InChI is InChI=1S/C20H26N2O2/c1-4-16(3)21-13-17-7-11-19(12-8-17)24-14-20(23)22-18-9-5-15(2)6-10-18/h5-12,16,21H,4,13-14H2,1-3H3,(H,22,23)/t16-/m1/s1. The molecule has 1 amide bonds. The van der Waals surface area contributed by atoms with Gasteiger partial charge in [0.1, 0.15) is 5.75 Å². The van der Waals surface area contributed by atoms with Crippen molar-refractivity contribution in [1.82, 2.24) is 5.32 Å². The molecule has 0 radical (unpaired) electrons. The molecular weight excluding hydrogens is 300 g/mol. The highest BCUT2D eigenvalue weighted by Gasteiger charge is 2.04. The van der Waals surface area contributed by atoms with E-state index in [4.69, 9.17) is 4.74 Å². The summed E-state index contributed by atoms with van der Waals surface area (Å²) < 4.78 is 5.53. The van der Waals surface area contributed by atoms with Crippen LogP contribution in [0.3, 0.4) is 0 Å². The molecule has 24 heavy (non-hydrogen) atoms. The Morgan fingerprint density at radius 1 is 1.08 bits per heavy atom. The summed E-state index contributed by atoms with van der Waals surface area (Å²) in [6.07, 6.45) is 1.11. The number of amides is 1. The van der Waals surface area contributed by atoms with E-state index in [9.17, 15) is 4.79 Å². The maximum Gasteiger partial charge on any atom is 0.262 e. The number of hydrogen-bond acceptors (Lipinski definition) is 3. The fourth-order valence-corrected chi connectivity index (χ4v) is 2.12. The molecule has 1 atom stereocenters. The number of nitrogens with one attached hydrogen (secondary N) is 2. The first-order chi connectivity index (χ1) is 11.6. The van der Waals surface area contributed by atoms with E-state index in [0.29, 0.717) is 11.8 Å². The summed E-state index contributed by atoms with van der Waals surface area (Å²) in [5, 5.41) is 6.26. The lowest BCUT2D eigenvalue weighted by Crippen LogP contribution is -2.24. The molecule has 4 heteroatoms. The Bertz CT molecular complexity index is 636. The van der Waals surface area contributed by atoms with Crippen LogP contribution in [0.1, 0.15) is 31.4 Å². The first-order valence-electron chi connectivity index (χ1n) is 8.38. The van der Waals surface area contributed by atoms with Gasteiger partial charge in [0.25, 0.3) is 5.91 Å². The predicted molar refractivity (Wildman–Crippen MR) is 98.3 cm³/mol. The van der Waals surface area contributed by atoms with Gasteiger partial charge < -0.3 is 15.4 Å². The monoisotopic (exact) mass is 326 g/mol. The zero-order valence-electron chi connectivity index (χ0n) is 14.6. The SMILES string of the molecule is CC[C@@H](C)NCc1ccc(OCC(=O)Nc2ccc(C)cc2)cc1. The van der Waals surface area contributed by atoms with Gasteiger partial charge in [0.15, 0.2) is 6.61 Å². The number of hydrogen-bond donors (Lipinski definition) is 2. The Labute approximate surface area is 144 Å². The third-order valence-electron chi connectivity index (χ3n) is 3.90. The van der Waals surface area contributed by atoms with Gasteiger partial charge in [-0.2, -0.15) is 0 Å². The van der Waals surface area contributed by atoms with Crippen LogP contribution < -0.4 is 15.4 Å². The molecule has 0 saturated heterocycles. The number of ether oxygens (including phenoxy) is 1. The molecule has 0 aliphatic heterocycles. The minimum absolute atomic E-state index is 0.00164. The van der Waals surface area contributed by atoms with E-state index in [2.05, 4.69) is 24.5 Å². The molecule has 128 valence electrons. The van der Waals surface area contributed by atoms with E-state index in [1.165, 1.54) is 5.56 Å². The molecule has 0 bridgehead atoms. The Balaban J connectivity index is 1.77. The highest BCUT2D eigenvalue weighted by atomic mass is 16.5. The highest BCUT2D eigenvalue weighted by Crippen LogP contribution is 2.13. The number of aryl methyl sites for hydroxylation is 1. The topological polar surface area (TPSA) is 50.4 Å². The van der Waals surface area contributed by atoms with Crippen LogP contribution in [-0.4, -0.2) is 18.6 Å². The fourth-order valence-electron chi connectivity index (χ4n) is 2.12. The van der Waals surface area contributed by atoms with Crippen molar-refractivity contribution in [2.45, 2.75) is 39.8 Å². The third-order valence-corrected chi connectivity index (χ3v) is 3.90. The van der Waals surface area contributed by atoms with Gasteiger partial charge in [-0.1, -0.05) is 36.8 Å². The number of rotatable bonds is 8. The first kappa shape index (κ1) is 18.0. The Kier molecular flexibility index (Phi) is 6.82. The van der Waals surface area contributed by atoms with Crippen LogP contribution in [0.2, 0.25) is 0 Å². The number of carbonyl (C=O) groups excluding carboxylic acids is 1. The van der Waals surface area contributed by atoms with Gasteiger partial charge >= 0.3 is 0 Å². The normalized spacial score (nSPS) is 11.8. The summed E-state index contributed by atoms with van der Waals surface area (Å²) in [5.74, 6) is 0.530. The molecule has 2 rings (SSSR count). The molecule has 4 nitrogen and oxygen atoms in total. The highest BCUT2D eigenvalue weighted by molar-refractivity contribution is 5.91. The van der Waals surface area contributed by atoms with Gasteiger partial charge in [-0.3, -0.25) is 4.79 Å². The van der Waals surface area contributed by atoms with E-state index >= 15 is 0 Å². The number of benzene rings is 2. The lowest BCUT2D eigenvalue weighted by atomic mass is 10.2. The third kappa shape index (κ3) is 6.05. The molecule has 0 unspecified atom stereocenters. The molecule has 2 aromatic rings. The lowest BCUT2D eigenvalue weighted by molar-refractivity contribution is -0.118. The number of anilines is 1. The molecular formula is C20H26N2O2. The zero-order chi connectivity index (χ0) is 17.4. The Hall–Kier alpha value is -2.33. The van der Waals surface area contributed by atoms with E-state index in [1.54, 1.807) is 0 Å². The summed E-state index contributed by atoms with van der Waals surface area (Å²) in [7, 11) is 0.